The summed E-state index contributed by atoms with van der Waals surface area (Å²) in [4.78, 5) is 25.9. The summed E-state index contributed by atoms with van der Waals surface area (Å²) in [6.45, 7) is 6.56. The van der Waals surface area contributed by atoms with Crippen LogP contribution < -0.4 is 20.1 Å². The fourth-order valence-corrected chi connectivity index (χ4v) is 4.51. The van der Waals surface area contributed by atoms with Gasteiger partial charge in [0.05, 0.1) is 6.10 Å². The Morgan fingerprint density at radius 1 is 1.08 bits per heavy atom. The summed E-state index contributed by atoms with van der Waals surface area (Å²) in [5, 5.41) is 15.7. The first-order chi connectivity index (χ1) is 18.7. The number of rotatable bonds is 10. The Balaban J connectivity index is 1.75. The summed E-state index contributed by atoms with van der Waals surface area (Å²) in [7, 11) is 1.57. The molecule has 3 N–H and O–H groups in total. The van der Waals surface area contributed by atoms with Gasteiger partial charge in [0.15, 0.2) is 0 Å². The van der Waals surface area contributed by atoms with Crippen LogP contribution >= 0.6 is 0 Å². The number of aliphatic hydroxyl groups excluding tert-OH is 1. The number of amides is 2. The quantitative estimate of drug-likeness (QED) is 0.341. The van der Waals surface area contributed by atoms with Crippen LogP contribution in [-0.4, -0.2) is 43.2 Å². The van der Waals surface area contributed by atoms with Crippen molar-refractivity contribution in [2.45, 2.75) is 45.3 Å². The van der Waals surface area contributed by atoms with Crippen molar-refractivity contribution in [3.8, 4) is 22.6 Å². The lowest BCUT2D eigenvalue weighted by atomic mass is 9.88. The van der Waals surface area contributed by atoms with Crippen LogP contribution in [0.5, 0.6) is 11.5 Å². The van der Waals surface area contributed by atoms with E-state index in [9.17, 15) is 19.1 Å². The van der Waals surface area contributed by atoms with Gasteiger partial charge >= 0.3 is 0 Å². The van der Waals surface area contributed by atoms with E-state index in [1.165, 1.54) is 12.1 Å². The van der Waals surface area contributed by atoms with Crippen molar-refractivity contribution in [3.63, 3.8) is 0 Å². The Bertz CT molecular complexity index is 1330. The smallest absolute Gasteiger partial charge is 0.251 e. The predicted octanol–water partition coefficient (Wildman–Crippen LogP) is 4.99. The van der Waals surface area contributed by atoms with E-state index >= 15 is 0 Å². The van der Waals surface area contributed by atoms with E-state index in [4.69, 9.17) is 9.47 Å². The van der Waals surface area contributed by atoms with Crippen molar-refractivity contribution in [2.24, 2.45) is 5.92 Å². The summed E-state index contributed by atoms with van der Waals surface area (Å²) in [6, 6.07) is 16.6. The molecular weight excluding hydrogens is 499 g/mol. The molecule has 3 aromatic rings. The van der Waals surface area contributed by atoms with Crippen LogP contribution in [0.1, 0.15) is 60.7 Å². The number of carbonyl (C=O) groups is 2. The minimum atomic E-state index is -0.667. The first-order valence-electron chi connectivity index (χ1n) is 13.2. The zero-order chi connectivity index (χ0) is 28.1. The molecule has 0 saturated heterocycles. The summed E-state index contributed by atoms with van der Waals surface area (Å²) >= 11 is 0. The van der Waals surface area contributed by atoms with Crippen LogP contribution in [0.15, 0.2) is 60.7 Å². The number of carbonyl (C=O) groups excluding carboxylic acids is 2. The fraction of sp³-hybridized carbons (Fsp3) is 0.355. The standard InChI is InChI=1S/C31H35FN2O5/c1-5-23(35)17-38-26-12-9-21(30(36)34-16-18(2)3)15-24(26)20-8-13-27-25(14-20)28(31(37)33-4)29(39-27)19-6-10-22(32)11-7-19/h6-15,18,23,28-29,35H,5,16-17H2,1-4H3,(H,33,37)(H,34,36). The van der Waals surface area contributed by atoms with Gasteiger partial charge in [-0.2, -0.15) is 0 Å². The molecule has 0 spiro atoms. The third kappa shape index (κ3) is 6.40. The lowest BCUT2D eigenvalue weighted by Gasteiger charge is -2.18. The maximum atomic E-state index is 13.6. The van der Waals surface area contributed by atoms with Gasteiger partial charge in [-0.1, -0.05) is 39.0 Å². The van der Waals surface area contributed by atoms with Gasteiger partial charge in [0.1, 0.15) is 35.9 Å². The van der Waals surface area contributed by atoms with Crippen molar-refractivity contribution < 1.29 is 28.6 Å². The first kappa shape index (κ1) is 28.1. The zero-order valence-electron chi connectivity index (χ0n) is 22.7. The Hall–Kier alpha value is -3.91. The highest BCUT2D eigenvalue weighted by molar-refractivity contribution is 5.96. The van der Waals surface area contributed by atoms with Crippen molar-refractivity contribution >= 4 is 11.8 Å². The van der Waals surface area contributed by atoms with E-state index < -0.39 is 18.1 Å². The van der Waals surface area contributed by atoms with Crippen molar-refractivity contribution in [2.75, 3.05) is 20.2 Å². The topological polar surface area (TPSA) is 96.9 Å². The SMILES string of the molecule is CCC(O)COc1ccc(C(=O)NCC(C)C)cc1-c1ccc2c(c1)C(C(=O)NC)C(c1ccc(F)cc1)O2. The molecule has 3 aromatic carbocycles. The number of fused-ring (bicyclic) bond motifs is 1. The molecule has 0 radical (unpaired) electrons. The molecular formula is C31H35FN2O5. The minimum Gasteiger partial charge on any atom is -0.490 e. The maximum Gasteiger partial charge on any atom is 0.251 e. The number of hydrogen-bond donors (Lipinski definition) is 3. The molecule has 0 bridgehead atoms. The van der Waals surface area contributed by atoms with Crippen LogP contribution in [0.3, 0.4) is 0 Å². The molecule has 8 heteroatoms. The summed E-state index contributed by atoms with van der Waals surface area (Å²) < 4.78 is 25.7. The Labute approximate surface area is 228 Å². The second kappa shape index (κ2) is 12.3. The van der Waals surface area contributed by atoms with Gasteiger partial charge in [-0.25, -0.2) is 4.39 Å². The molecule has 7 nitrogen and oxygen atoms in total. The van der Waals surface area contributed by atoms with Crippen molar-refractivity contribution in [3.05, 3.63) is 83.2 Å². The monoisotopic (exact) mass is 534 g/mol. The second-order valence-electron chi connectivity index (χ2n) is 10.1. The molecule has 0 saturated carbocycles. The van der Waals surface area contributed by atoms with E-state index in [1.54, 1.807) is 43.4 Å². The molecule has 2 amide bonds. The normalized spacial score (nSPS) is 16.8. The molecule has 3 atom stereocenters. The lowest BCUT2D eigenvalue weighted by molar-refractivity contribution is -0.123. The Morgan fingerprint density at radius 3 is 2.49 bits per heavy atom. The van der Waals surface area contributed by atoms with Gasteiger partial charge < -0.3 is 25.2 Å². The summed E-state index contributed by atoms with van der Waals surface area (Å²) in [5.41, 5.74) is 3.21. The van der Waals surface area contributed by atoms with Gasteiger partial charge in [-0.15, -0.1) is 0 Å². The molecule has 0 fully saturated rings. The average Bonchev–Trinajstić information content (AvgIpc) is 3.33. The summed E-state index contributed by atoms with van der Waals surface area (Å²) in [6.07, 6.45) is -0.714. The average molecular weight is 535 g/mol. The molecule has 1 aliphatic rings. The van der Waals surface area contributed by atoms with E-state index in [1.807, 2.05) is 32.9 Å². The van der Waals surface area contributed by atoms with Crippen LogP contribution in [0.25, 0.3) is 11.1 Å². The maximum absolute atomic E-state index is 13.6. The van der Waals surface area contributed by atoms with E-state index in [2.05, 4.69) is 10.6 Å². The van der Waals surface area contributed by atoms with Gasteiger partial charge in [-0.3, -0.25) is 9.59 Å². The Morgan fingerprint density at radius 2 is 1.82 bits per heavy atom. The number of benzene rings is 3. The molecule has 39 heavy (non-hydrogen) atoms. The third-order valence-electron chi connectivity index (χ3n) is 6.76. The predicted molar refractivity (Wildman–Crippen MR) is 147 cm³/mol. The number of aliphatic hydroxyl groups is 1. The van der Waals surface area contributed by atoms with Crippen LogP contribution in [-0.2, 0) is 4.79 Å². The molecule has 0 aromatic heterocycles. The van der Waals surface area contributed by atoms with Crippen LogP contribution in [0, 0.1) is 11.7 Å². The third-order valence-corrected chi connectivity index (χ3v) is 6.76. The van der Waals surface area contributed by atoms with Gasteiger partial charge in [0, 0.05) is 30.3 Å². The van der Waals surface area contributed by atoms with Crippen molar-refractivity contribution in [1.82, 2.24) is 10.6 Å². The molecule has 0 aliphatic carbocycles. The van der Waals surface area contributed by atoms with Crippen LogP contribution in [0.4, 0.5) is 4.39 Å². The largest absolute Gasteiger partial charge is 0.490 e. The number of nitrogens with one attached hydrogen (secondary N) is 2. The highest BCUT2D eigenvalue weighted by atomic mass is 19.1. The van der Waals surface area contributed by atoms with Gasteiger partial charge in [0.25, 0.3) is 5.91 Å². The number of likely N-dealkylation sites (N-methyl/N-ethyl adjacent to an activating group) is 1. The molecule has 1 aliphatic heterocycles. The molecule has 1 heterocycles. The van der Waals surface area contributed by atoms with Gasteiger partial charge in [-0.05, 0) is 65.9 Å². The second-order valence-corrected chi connectivity index (χ2v) is 10.1. The number of hydrogen-bond acceptors (Lipinski definition) is 5. The summed E-state index contributed by atoms with van der Waals surface area (Å²) in [5.74, 6) is -0.104. The van der Waals surface area contributed by atoms with E-state index in [0.29, 0.717) is 52.6 Å². The van der Waals surface area contributed by atoms with Gasteiger partial charge in [0.2, 0.25) is 5.91 Å². The molecule has 4 rings (SSSR count). The lowest BCUT2D eigenvalue weighted by Crippen LogP contribution is -2.28. The fourth-order valence-electron chi connectivity index (χ4n) is 4.51. The highest BCUT2D eigenvalue weighted by Crippen LogP contribution is 2.48. The van der Waals surface area contributed by atoms with Crippen LogP contribution in [0.2, 0.25) is 0 Å². The highest BCUT2D eigenvalue weighted by Gasteiger charge is 2.40. The minimum absolute atomic E-state index is 0.101. The van der Waals surface area contributed by atoms with E-state index in [-0.39, 0.29) is 24.2 Å². The number of halogens is 1. The Kier molecular flexibility index (Phi) is 8.86. The number of ether oxygens (including phenoxy) is 2. The van der Waals surface area contributed by atoms with Crippen molar-refractivity contribution in [1.29, 1.82) is 0 Å². The molecule has 3 unspecified atom stereocenters. The van der Waals surface area contributed by atoms with E-state index in [0.717, 1.165) is 5.56 Å². The first-order valence-corrected chi connectivity index (χ1v) is 13.2. The zero-order valence-corrected chi connectivity index (χ0v) is 22.7. The molecule has 206 valence electrons.